The van der Waals surface area contributed by atoms with E-state index in [0.29, 0.717) is 32.2 Å². The first kappa shape index (κ1) is 12.0. The van der Waals surface area contributed by atoms with Gasteiger partial charge in [0.1, 0.15) is 0 Å². The fraction of sp³-hybridized carbons (Fsp3) is 0.167. The molecule has 0 spiro atoms. The zero-order chi connectivity index (χ0) is 12.6. The van der Waals surface area contributed by atoms with Crippen molar-refractivity contribution in [1.82, 2.24) is 4.98 Å². The van der Waals surface area contributed by atoms with Gasteiger partial charge in [-0.2, -0.15) is 5.26 Å². The van der Waals surface area contributed by atoms with Crippen molar-refractivity contribution in [2.45, 2.75) is 13.3 Å². The number of aryl methyl sites for hydroxylation is 1. The second-order valence-corrected chi connectivity index (χ2v) is 4.46. The standard InChI is InChI=1S/C12H8Cl2N2O/c1-6-7(4-5-15)12(17)8-2-3-9(13)10(14)11(8)16-6/h2-3H,4H2,1H3,(H,16,17). The van der Waals surface area contributed by atoms with Crippen LogP contribution >= 0.6 is 23.2 Å². The van der Waals surface area contributed by atoms with E-state index in [1.54, 1.807) is 19.1 Å². The topological polar surface area (TPSA) is 56.6 Å². The van der Waals surface area contributed by atoms with Crippen molar-refractivity contribution < 1.29 is 0 Å². The smallest absolute Gasteiger partial charge is 0.193 e. The SMILES string of the molecule is Cc1[nH]c2c(Cl)c(Cl)ccc2c(=O)c1CC#N. The molecule has 0 radical (unpaired) electrons. The second kappa shape index (κ2) is 4.40. The summed E-state index contributed by atoms with van der Waals surface area (Å²) in [6.07, 6.45) is 0.0807. The first-order valence-electron chi connectivity index (χ1n) is 4.92. The Morgan fingerprint density at radius 2 is 2.12 bits per heavy atom. The molecular weight excluding hydrogens is 259 g/mol. The molecule has 1 heterocycles. The maximum atomic E-state index is 12.1. The van der Waals surface area contributed by atoms with Crippen LogP contribution in [0.5, 0.6) is 0 Å². The molecule has 1 aromatic heterocycles. The molecule has 0 bridgehead atoms. The first-order valence-corrected chi connectivity index (χ1v) is 5.68. The number of nitrogens with zero attached hydrogens (tertiary/aromatic N) is 1. The van der Waals surface area contributed by atoms with Gasteiger partial charge in [-0.25, -0.2) is 0 Å². The van der Waals surface area contributed by atoms with Crippen molar-refractivity contribution in [3.8, 4) is 6.07 Å². The Morgan fingerprint density at radius 1 is 1.41 bits per heavy atom. The number of aromatic amines is 1. The molecule has 0 aliphatic carbocycles. The minimum absolute atomic E-state index is 0.0807. The van der Waals surface area contributed by atoms with Crippen LogP contribution in [0.2, 0.25) is 10.0 Å². The quantitative estimate of drug-likeness (QED) is 0.862. The van der Waals surface area contributed by atoms with Crippen LogP contribution in [0.3, 0.4) is 0 Å². The molecule has 3 nitrogen and oxygen atoms in total. The molecule has 0 atom stereocenters. The number of nitrogens with one attached hydrogen (secondary N) is 1. The van der Waals surface area contributed by atoms with E-state index >= 15 is 0 Å². The Morgan fingerprint density at radius 3 is 2.76 bits per heavy atom. The summed E-state index contributed by atoms with van der Waals surface area (Å²) in [7, 11) is 0. The number of fused-ring (bicyclic) bond motifs is 1. The van der Waals surface area contributed by atoms with Crippen LogP contribution in [-0.2, 0) is 6.42 Å². The third-order valence-electron chi connectivity index (χ3n) is 2.63. The molecule has 0 fully saturated rings. The first-order chi connectivity index (χ1) is 8.06. The van der Waals surface area contributed by atoms with Crippen molar-refractivity contribution in [1.29, 1.82) is 5.26 Å². The van der Waals surface area contributed by atoms with Gasteiger partial charge >= 0.3 is 0 Å². The maximum Gasteiger partial charge on any atom is 0.193 e. The summed E-state index contributed by atoms with van der Waals surface area (Å²) in [6, 6.07) is 5.17. The Hall–Kier alpha value is -1.50. The maximum absolute atomic E-state index is 12.1. The van der Waals surface area contributed by atoms with E-state index in [1.165, 1.54) is 0 Å². The van der Waals surface area contributed by atoms with E-state index in [1.807, 2.05) is 6.07 Å². The molecule has 2 rings (SSSR count). The zero-order valence-corrected chi connectivity index (χ0v) is 10.5. The molecule has 0 aliphatic rings. The number of H-pyrrole nitrogens is 1. The zero-order valence-electron chi connectivity index (χ0n) is 8.97. The van der Waals surface area contributed by atoms with Crippen molar-refractivity contribution in [3.63, 3.8) is 0 Å². The van der Waals surface area contributed by atoms with E-state index in [9.17, 15) is 4.79 Å². The summed E-state index contributed by atoms with van der Waals surface area (Å²) in [4.78, 5) is 15.2. The van der Waals surface area contributed by atoms with Gasteiger partial charge in [0.25, 0.3) is 0 Å². The van der Waals surface area contributed by atoms with Gasteiger partial charge in [-0.1, -0.05) is 23.2 Å². The predicted octanol–water partition coefficient (Wildman–Crippen LogP) is 3.21. The van der Waals surface area contributed by atoms with E-state index in [4.69, 9.17) is 28.5 Å². The van der Waals surface area contributed by atoms with E-state index in [0.717, 1.165) is 0 Å². The van der Waals surface area contributed by atoms with Gasteiger partial charge in [-0.3, -0.25) is 4.79 Å². The number of nitriles is 1. The van der Waals surface area contributed by atoms with Crippen molar-refractivity contribution in [2.24, 2.45) is 0 Å². The van der Waals surface area contributed by atoms with Crippen LogP contribution in [0.4, 0.5) is 0 Å². The number of benzene rings is 1. The highest BCUT2D eigenvalue weighted by Gasteiger charge is 2.12. The lowest BCUT2D eigenvalue weighted by atomic mass is 10.1. The van der Waals surface area contributed by atoms with Crippen LogP contribution in [0.15, 0.2) is 16.9 Å². The van der Waals surface area contributed by atoms with E-state index in [-0.39, 0.29) is 11.8 Å². The van der Waals surface area contributed by atoms with Crippen molar-refractivity contribution >= 4 is 34.1 Å². The van der Waals surface area contributed by atoms with Crippen molar-refractivity contribution in [3.05, 3.63) is 43.7 Å². The second-order valence-electron chi connectivity index (χ2n) is 3.68. The number of halogens is 2. The lowest BCUT2D eigenvalue weighted by molar-refractivity contribution is 1.12. The van der Waals surface area contributed by atoms with Gasteiger partial charge in [-0.05, 0) is 19.1 Å². The number of pyridine rings is 1. The molecule has 0 amide bonds. The average Bonchev–Trinajstić information content (AvgIpc) is 2.30. The lowest BCUT2D eigenvalue weighted by Gasteiger charge is -2.07. The Labute approximate surface area is 108 Å². The largest absolute Gasteiger partial charge is 0.357 e. The van der Waals surface area contributed by atoms with Gasteiger partial charge in [-0.15, -0.1) is 0 Å². The molecule has 5 heteroatoms. The van der Waals surface area contributed by atoms with Gasteiger partial charge < -0.3 is 4.98 Å². The Bertz CT molecular complexity index is 698. The molecule has 0 saturated heterocycles. The molecule has 17 heavy (non-hydrogen) atoms. The summed E-state index contributed by atoms with van der Waals surface area (Å²) in [5.74, 6) is 0. The van der Waals surface area contributed by atoms with Gasteiger partial charge in [0.2, 0.25) is 0 Å². The molecule has 2 aromatic rings. The van der Waals surface area contributed by atoms with Crippen LogP contribution in [0.1, 0.15) is 11.3 Å². The van der Waals surface area contributed by atoms with Crippen LogP contribution in [0.25, 0.3) is 10.9 Å². The Kier molecular flexibility index (Phi) is 3.10. The third-order valence-corrected chi connectivity index (χ3v) is 3.44. The van der Waals surface area contributed by atoms with Gasteiger partial charge in [0.15, 0.2) is 5.43 Å². The average molecular weight is 267 g/mol. The Balaban J connectivity index is 2.92. The van der Waals surface area contributed by atoms with E-state index < -0.39 is 0 Å². The predicted molar refractivity (Wildman–Crippen MR) is 68.6 cm³/mol. The summed E-state index contributed by atoms with van der Waals surface area (Å²) in [5.41, 5.74) is 1.46. The number of hydrogen-bond acceptors (Lipinski definition) is 2. The highest BCUT2D eigenvalue weighted by molar-refractivity contribution is 6.44. The minimum Gasteiger partial charge on any atom is -0.357 e. The number of hydrogen-bond donors (Lipinski definition) is 1. The molecule has 0 saturated carbocycles. The van der Waals surface area contributed by atoms with Gasteiger partial charge in [0.05, 0.1) is 28.1 Å². The normalized spacial score (nSPS) is 10.5. The van der Waals surface area contributed by atoms with Crippen LogP contribution in [0, 0.1) is 18.3 Å². The highest BCUT2D eigenvalue weighted by atomic mass is 35.5. The number of rotatable bonds is 1. The summed E-state index contributed by atoms with van der Waals surface area (Å²) in [5, 5.41) is 9.86. The third kappa shape index (κ3) is 1.90. The molecule has 1 aromatic carbocycles. The number of aromatic nitrogens is 1. The summed E-state index contributed by atoms with van der Waals surface area (Å²) in [6.45, 7) is 1.74. The molecule has 0 aliphatic heterocycles. The lowest BCUT2D eigenvalue weighted by Crippen LogP contribution is -2.13. The molecule has 0 unspecified atom stereocenters. The highest BCUT2D eigenvalue weighted by Crippen LogP contribution is 2.28. The summed E-state index contributed by atoms with van der Waals surface area (Å²) >= 11 is 11.9. The van der Waals surface area contributed by atoms with Crippen LogP contribution in [-0.4, -0.2) is 4.98 Å². The fourth-order valence-electron chi connectivity index (χ4n) is 1.75. The van der Waals surface area contributed by atoms with Crippen LogP contribution < -0.4 is 5.43 Å². The van der Waals surface area contributed by atoms with E-state index in [2.05, 4.69) is 4.98 Å². The van der Waals surface area contributed by atoms with Gasteiger partial charge in [0, 0.05) is 16.6 Å². The molecule has 1 N–H and O–H groups in total. The minimum atomic E-state index is -0.170. The molecule has 86 valence electrons. The molecular formula is C12H8Cl2N2O. The summed E-state index contributed by atoms with van der Waals surface area (Å²) < 4.78 is 0. The fourth-order valence-corrected chi connectivity index (χ4v) is 2.12. The monoisotopic (exact) mass is 266 g/mol. The van der Waals surface area contributed by atoms with Crippen molar-refractivity contribution in [2.75, 3.05) is 0 Å².